The van der Waals surface area contributed by atoms with Gasteiger partial charge in [0.2, 0.25) is 0 Å². The zero-order chi connectivity index (χ0) is 11.8. The molecule has 1 amide bonds. The monoisotopic (exact) mass is 261 g/mol. The van der Waals surface area contributed by atoms with Crippen LogP contribution in [0.4, 0.5) is 4.79 Å². The molecule has 1 fully saturated rings. The largest absolute Gasteiger partial charge is 0.439 e. The Balaban J connectivity index is 2.33. The van der Waals surface area contributed by atoms with Gasteiger partial charge in [0.1, 0.15) is 6.10 Å². The Morgan fingerprint density at radius 3 is 2.75 bits per heavy atom. The lowest BCUT2D eigenvalue weighted by atomic mass is 10.1. The van der Waals surface area contributed by atoms with Gasteiger partial charge in [-0.3, -0.25) is 0 Å². The second kappa shape index (κ2) is 3.95. The molecule has 0 bridgehead atoms. The van der Waals surface area contributed by atoms with E-state index >= 15 is 0 Å². The lowest BCUT2D eigenvalue weighted by Gasteiger charge is -2.08. The first-order valence-electron chi connectivity index (χ1n) is 4.46. The Bertz CT molecular complexity index is 528. The maximum Gasteiger partial charge on any atom is 0.407 e. The summed E-state index contributed by atoms with van der Waals surface area (Å²) in [5.41, 5.74) is 0.597. The molecule has 16 heavy (non-hydrogen) atoms. The van der Waals surface area contributed by atoms with Crippen LogP contribution in [0, 0.1) is 0 Å². The number of ether oxygens (including phenoxy) is 1. The molecule has 2 rings (SSSR count). The molecule has 0 aromatic heterocycles. The summed E-state index contributed by atoms with van der Waals surface area (Å²) in [5.74, 6) is 0. The Labute approximate surface area is 96.8 Å². The summed E-state index contributed by atoms with van der Waals surface area (Å²) in [5, 5.41) is 2.48. The van der Waals surface area contributed by atoms with Crippen LogP contribution in [0.5, 0.6) is 0 Å². The van der Waals surface area contributed by atoms with Crippen molar-refractivity contribution in [3.05, 3.63) is 29.8 Å². The van der Waals surface area contributed by atoms with Crippen LogP contribution in [0.3, 0.4) is 0 Å². The SMILES string of the molecule is O=C1NCC(c2cccc(S(=O)(=O)Cl)c2)O1. The average molecular weight is 262 g/mol. The standard InChI is InChI=1S/C9H8ClNO4S/c10-16(13,14)7-3-1-2-6(4-7)8-5-11-9(12)15-8/h1-4,8H,5H2,(H,11,12). The van der Waals surface area contributed by atoms with Crippen molar-refractivity contribution < 1.29 is 17.9 Å². The van der Waals surface area contributed by atoms with Crippen molar-refractivity contribution in [1.29, 1.82) is 0 Å². The fraction of sp³-hybridized carbons (Fsp3) is 0.222. The van der Waals surface area contributed by atoms with Crippen LogP contribution in [0.15, 0.2) is 29.2 Å². The van der Waals surface area contributed by atoms with Gasteiger partial charge in [0.05, 0.1) is 11.4 Å². The molecule has 1 unspecified atom stereocenters. The molecule has 1 atom stereocenters. The van der Waals surface area contributed by atoms with Crippen molar-refractivity contribution in [2.75, 3.05) is 6.54 Å². The van der Waals surface area contributed by atoms with Gasteiger partial charge in [-0.15, -0.1) is 0 Å². The minimum Gasteiger partial charge on any atom is -0.439 e. The zero-order valence-electron chi connectivity index (χ0n) is 8.01. The molecule has 1 saturated heterocycles. The number of benzene rings is 1. The van der Waals surface area contributed by atoms with Crippen molar-refractivity contribution in [1.82, 2.24) is 5.32 Å². The summed E-state index contributed by atoms with van der Waals surface area (Å²) in [6.45, 7) is 0.324. The van der Waals surface area contributed by atoms with Gasteiger partial charge in [0.25, 0.3) is 9.05 Å². The van der Waals surface area contributed by atoms with Crippen LogP contribution < -0.4 is 5.32 Å². The highest BCUT2D eigenvalue weighted by Crippen LogP contribution is 2.24. The first-order valence-corrected chi connectivity index (χ1v) is 6.77. The number of carbonyl (C=O) groups is 1. The predicted octanol–water partition coefficient (Wildman–Crippen LogP) is 1.40. The molecule has 0 radical (unpaired) electrons. The van der Waals surface area contributed by atoms with Crippen LogP contribution in [0.25, 0.3) is 0 Å². The van der Waals surface area contributed by atoms with E-state index in [0.717, 1.165) is 0 Å². The smallest absolute Gasteiger partial charge is 0.407 e. The highest BCUT2D eigenvalue weighted by molar-refractivity contribution is 8.13. The van der Waals surface area contributed by atoms with Crippen molar-refractivity contribution in [3.63, 3.8) is 0 Å². The number of cyclic esters (lactones) is 1. The van der Waals surface area contributed by atoms with Gasteiger partial charge >= 0.3 is 6.09 Å². The van der Waals surface area contributed by atoms with E-state index < -0.39 is 21.2 Å². The topological polar surface area (TPSA) is 72.5 Å². The van der Waals surface area contributed by atoms with E-state index in [1.807, 2.05) is 0 Å². The summed E-state index contributed by atoms with van der Waals surface area (Å²) in [4.78, 5) is 10.8. The van der Waals surface area contributed by atoms with Crippen molar-refractivity contribution in [2.45, 2.75) is 11.0 Å². The quantitative estimate of drug-likeness (QED) is 0.817. The Hall–Kier alpha value is -1.27. The third-order valence-corrected chi connectivity index (χ3v) is 3.54. The lowest BCUT2D eigenvalue weighted by molar-refractivity contribution is 0.141. The molecule has 1 heterocycles. The van der Waals surface area contributed by atoms with Crippen LogP contribution in [-0.4, -0.2) is 21.1 Å². The fourth-order valence-electron chi connectivity index (χ4n) is 1.44. The number of carbonyl (C=O) groups excluding carboxylic acids is 1. The molecule has 0 aliphatic carbocycles. The summed E-state index contributed by atoms with van der Waals surface area (Å²) in [6, 6.07) is 6.01. The van der Waals surface area contributed by atoms with E-state index in [1.165, 1.54) is 12.1 Å². The van der Waals surface area contributed by atoms with Gasteiger partial charge in [-0.25, -0.2) is 13.2 Å². The molecule has 7 heteroatoms. The van der Waals surface area contributed by atoms with Gasteiger partial charge in [0, 0.05) is 10.7 Å². The van der Waals surface area contributed by atoms with E-state index in [4.69, 9.17) is 15.4 Å². The van der Waals surface area contributed by atoms with Crippen molar-refractivity contribution >= 4 is 25.8 Å². The minimum atomic E-state index is -3.76. The number of nitrogens with one attached hydrogen (secondary N) is 1. The van der Waals surface area contributed by atoms with Crippen molar-refractivity contribution in [2.24, 2.45) is 0 Å². The third kappa shape index (κ3) is 2.28. The van der Waals surface area contributed by atoms with Crippen LogP contribution in [0.1, 0.15) is 11.7 Å². The zero-order valence-corrected chi connectivity index (χ0v) is 9.59. The number of rotatable bonds is 2. The number of halogens is 1. The van der Waals surface area contributed by atoms with Crippen LogP contribution in [-0.2, 0) is 13.8 Å². The van der Waals surface area contributed by atoms with Gasteiger partial charge in [-0.2, -0.15) is 0 Å². The Kier molecular flexibility index (Phi) is 2.77. The molecular weight excluding hydrogens is 254 g/mol. The second-order valence-electron chi connectivity index (χ2n) is 3.29. The molecule has 0 saturated carbocycles. The second-order valence-corrected chi connectivity index (χ2v) is 5.85. The van der Waals surface area contributed by atoms with E-state index in [-0.39, 0.29) is 4.90 Å². The molecule has 86 valence electrons. The maximum atomic E-state index is 11.1. The molecule has 1 aliphatic rings. The first-order chi connectivity index (χ1) is 7.47. The lowest BCUT2D eigenvalue weighted by Crippen LogP contribution is -2.12. The fourth-order valence-corrected chi connectivity index (χ4v) is 2.25. The van der Waals surface area contributed by atoms with Crippen molar-refractivity contribution in [3.8, 4) is 0 Å². The van der Waals surface area contributed by atoms with Crippen LogP contribution >= 0.6 is 10.7 Å². The number of hydrogen-bond donors (Lipinski definition) is 1. The minimum absolute atomic E-state index is 0.00499. The number of alkyl carbamates (subject to hydrolysis) is 1. The molecule has 1 N–H and O–H groups in total. The first kappa shape index (κ1) is 11.2. The van der Waals surface area contributed by atoms with Gasteiger partial charge in [-0.05, 0) is 17.7 Å². The normalized spacial score (nSPS) is 20.3. The number of hydrogen-bond acceptors (Lipinski definition) is 4. The third-order valence-electron chi connectivity index (χ3n) is 2.19. The van der Waals surface area contributed by atoms with E-state index in [0.29, 0.717) is 12.1 Å². The highest BCUT2D eigenvalue weighted by Gasteiger charge is 2.25. The molecule has 0 spiro atoms. The summed E-state index contributed by atoms with van der Waals surface area (Å²) in [6.07, 6.45) is -0.977. The predicted molar refractivity (Wildman–Crippen MR) is 56.7 cm³/mol. The summed E-state index contributed by atoms with van der Waals surface area (Å²) < 4.78 is 27.1. The average Bonchev–Trinajstić information content (AvgIpc) is 2.64. The van der Waals surface area contributed by atoms with E-state index in [9.17, 15) is 13.2 Å². The van der Waals surface area contributed by atoms with E-state index in [1.54, 1.807) is 12.1 Å². The highest BCUT2D eigenvalue weighted by atomic mass is 35.7. The number of amides is 1. The maximum absolute atomic E-state index is 11.1. The molecule has 5 nitrogen and oxygen atoms in total. The van der Waals surface area contributed by atoms with E-state index in [2.05, 4.69) is 5.32 Å². The van der Waals surface area contributed by atoms with Crippen LogP contribution in [0.2, 0.25) is 0 Å². The molecular formula is C9H8ClNO4S. The Morgan fingerprint density at radius 2 is 2.19 bits per heavy atom. The molecule has 1 aromatic carbocycles. The summed E-state index contributed by atoms with van der Waals surface area (Å²) >= 11 is 0. The Morgan fingerprint density at radius 1 is 1.44 bits per heavy atom. The van der Waals surface area contributed by atoms with Gasteiger partial charge in [-0.1, -0.05) is 12.1 Å². The molecule has 1 aliphatic heterocycles. The van der Waals surface area contributed by atoms with Gasteiger partial charge < -0.3 is 10.1 Å². The molecule has 1 aromatic rings. The summed E-state index contributed by atoms with van der Waals surface area (Å²) in [7, 11) is 1.46. The van der Waals surface area contributed by atoms with Gasteiger partial charge in [0.15, 0.2) is 0 Å².